The Morgan fingerprint density at radius 2 is 1.91 bits per heavy atom. The smallest absolute Gasteiger partial charge is 0.260 e. The maximum absolute atomic E-state index is 13.9. The van der Waals surface area contributed by atoms with E-state index in [9.17, 15) is 13.6 Å². The minimum absolute atomic E-state index is 0.211. The minimum Gasteiger partial charge on any atom is -0.454 e. The van der Waals surface area contributed by atoms with Gasteiger partial charge < -0.3 is 14.0 Å². The van der Waals surface area contributed by atoms with Crippen molar-refractivity contribution in [2.75, 3.05) is 12.1 Å². The summed E-state index contributed by atoms with van der Waals surface area (Å²) >= 11 is 1.23. The van der Waals surface area contributed by atoms with Gasteiger partial charge in [0, 0.05) is 40.2 Å². The molecule has 162 valence electrons. The lowest BCUT2D eigenvalue weighted by Gasteiger charge is -2.10. The SMILES string of the molecule is Cc1cc(-c2csc(NC(=O)c3ccc(F)cc3F)n2)c(C)n1-c1ccc2c(c1)OCO2. The first kappa shape index (κ1) is 20.2. The molecule has 0 atom stereocenters. The Balaban J connectivity index is 1.42. The molecule has 2 aromatic carbocycles. The van der Waals surface area contributed by atoms with E-state index < -0.39 is 17.5 Å². The normalized spacial score (nSPS) is 12.2. The molecule has 32 heavy (non-hydrogen) atoms. The van der Waals surface area contributed by atoms with Gasteiger partial charge in [-0.3, -0.25) is 10.1 Å². The summed E-state index contributed by atoms with van der Waals surface area (Å²) in [6.07, 6.45) is 0. The number of nitrogens with one attached hydrogen (secondary N) is 1. The molecule has 0 aliphatic carbocycles. The zero-order valence-corrected chi connectivity index (χ0v) is 17.9. The topological polar surface area (TPSA) is 65.4 Å². The molecule has 4 aromatic rings. The van der Waals surface area contributed by atoms with Gasteiger partial charge in [-0.2, -0.15) is 0 Å². The number of nitrogens with zero attached hydrogens (tertiary/aromatic N) is 2. The number of carbonyl (C=O) groups excluding carboxylic acids is 1. The Kier molecular flexibility index (Phi) is 4.90. The highest BCUT2D eigenvalue weighted by atomic mass is 32.1. The lowest BCUT2D eigenvalue weighted by molar-refractivity contribution is 0.102. The van der Waals surface area contributed by atoms with Gasteiger partial charge in [0.2, 0.25) is 6.79 Å². The summed E-state index contributed by atoms with van der Waals surface area (Å²) in [5.41, 5.74) is 4.25. The van der Waals surface area contributed by atoms with Gasteiger partial charge in [-0.1, -0.05) is 0 Å². The van der Waals surface area contributed by atoms with Gasteiger partial charge in [-0.15, -0.1) is 11.3 Å². The van der Waals surface area contributed by atoms with Gasteiger partial charge in [0.15, 0.2) is 16.6 Å². The van der Waals surface area contributed by atoms with Crippen LogP contribution in [0.5, 0.6) is 11.5 Å². The van der Waals surface area contributed by atoms with Crippen molar-refractivity contribution in [2.45, 2.75) is 13.8 Å². The predicted octanol–water partition coefficient (Wildman–Crippen LogP) is 5.48. The van der Waals surface area contributed by atoms with Gasteiger partial charge in [-0.25, -0.2) is 13.8 Å². The van der Waals surface area contributed by atoms with E-state index in [-0.39, 0.29) is 12.4 Å². The van der Waals surface area contributed by atoms with Crippen molar-refractivity contribution < 1.29 is 23.0 Å². The molecule has 0 radical (unpaired) electrons. The highest BCUT2D eigenvalue weighted by Crippen LogP contribution is 2.36. The summed E-state index contributed by atoms with van der Waals surface area (Å²) in [5, 5.41) is 4.72. The number of thiazole rings is 1. The second-order valence-electron chi connectivity index (χ2n) is 7.27. The first-order chi connectivity index (χ1) is 15.4. The van der Waals surface area contributed by atoms with Crippen molar-refractivity contribution in [3.05, 3.63) is 76.4 Å². The molecule has 0 unspecified atom stereocenters. The van der Waals surface area contributed by atoms with Crippen molar-refractivity contribution >= 4 is 22.4 Å². The van der Waals surface area contributed by atoms with Crippen LogP contribution in [0.1, 0.15) is 21.7 Å². The van der Waals surface area contributed by atoms with E-state index in [0.29, 0.717) is 28.4 Å². The van der Waals surface area contributed by atoms with Crippen LogP contribution in [0, 0.1) is 25.5 Å². The third kappa shape index (κ3) is 3.50. The molecule has 1 aliphatic rings. The minimum atomic E-state index is -0.924. The largest absolute Gasteiger partial charge is 0.454 e. The number of anilines is 1. The van der Waals surface area contributed by atoms with Crippen LogP contribution in [0.4, 0.5) is 13.9 Å². The van der Waals surface area contributed by atoms with Crippen molar-refractivity contribution in [3.8, 4) is 28.4 Å². The molecule has 1 amide bonds. The van der Waals surface area contributed by atoms with Gasteiger partial charge in [0.25, 0.3) is 5.91 Å². The fraction of sp³-hybridized carbons (Fsp3) is 0.130. The van der Waals surface area contributed by atoms with Crippen LogP contribution in [0.3, 0.4) is 0 Å². The third-order valence-electron chi connectivity index (χ3n) is 5.22. The molecule has 6 nitrogen and oxygen atoms in total. The quantitative estimate of drug-likeness (QED) is 0.445. The van der Waals surface area contributed by atoms with Gasteiger partial charge in [0.1, 0.15) is 11.6 Å². The van der Waals surface area contributed by atoms with E-state index in [0.717, 1.165) is 34.8 Å². The molecule has 2 aromatic heterocycles. The first-order valence-corrected chi connectivity index (χ1v) is 10.6. The van der Waals surface area contributed by atoms with Crippen LogP contribution in [0.2, 0.25) is 0 Å². The van der Waals surface area contributed by atoms with Gasteiger partial charge in [-0.05, 0) is 44.2 Å². The second kappa shape index (κ2) is 7.76. The van der Waals surface area contributed by atoms with Crippen molar-refractivity contribution in [3.63, 3.8) is 0 Å². The van der Waals surface area contributed by atoms with Gasteiger partial charge >= 0.3 is 0 Å². The maximum Gasteiger partial charge on any atom is 0.260 e. The van der Waals surface area contributed by atoms with Crippen molar-refractivity contribution in [1.29, 1.82) is 0 Å². The number of carbonyl (C=O) groups is 1. The number of halogens is 2. The van der Waals surface area contributed by atoms with E-state index >= 15 is 0 Å². The molecule has 1 N–H and O–H groups in total. The number of ether oxygens (including phenoxy) is 2. The number of hydrogen-bond acceptors (Lipinski definition) is 5. The number of benzene rings is 2. The number of fused-ring (bicyclic) bond motifs is 1. The van der Waals surface area contributed by atoms with E-state index in [1.54, 1.807) is 0 Å². The molecule has 0 saturated carbocycles. The molecule has 9 heteroatoms. The second-order valence-corrected chi connectivity index (χ2v) is 8.13. The average molecular weight is 453 g/mol. The van der Waals surface area contributed by atoms with Crippen LogP contribution >= 0.6 is 11.3 Å². The van der Waals surface area contributed by atoms with Crippen LogP contribution in [-0.4, -0.2) is 22.3 Å². The molecular weight excluding hydrogens is 436 g/mol. The third-order valence-corrected chi connectivity index (χ3v) is 5.98. The number of rotatable bonds is 4. The zero-order chi connectivity index (χ0) is 22.4. The zero-order valence-electron chi connectivity index (χ0n) is 17.1. The number of amides is 1. The molecule has 3 heterocycles. The molecule has 0 fully saturated rings. The average Bonchev–Trinajstić information content (AvgIpc) is 3.46. The molecule has 0 spiro atoms. The summed E-state index contributed by atoms with van der Waals surface area (Å²) in [4.78, 5) is 16.9. The lowest BCUT2D eigenvalue weighted by atomic mass is 10.2. The van der Waals surface area contributed by atoms with Crippen LogP contribution in [-0.2, 0) is 0 Å². The summed E-state index contributed by atoms with van der Waals surface area (Å²) < 4.78 is 39.9. The van der Waals surface area contributed by atoms with Crippen LogP contribution in [0.15, 0.2) is 47.8 Å². The first-order valence-electron chi connectivity index (χ1n) is 9.72. The Bertz CT molecular complexity index is 1360. The van der Waals surface area contributed by atoms with Crippen LogP contribution in [0.25, 0.3) is 16.9 Å². The molecule has 0 saturated heterocycles. The van der Waals surface area contributed by atoms with Gasteiger partial charge in [0.05, 0.1) is 11.3 Å². The monoisotopic (exact) mass is 453 g/mol. The summed E-state index contributed by atoms with van der Waals surface area (Å²) in [7, 11) is 0. The fourth-order valence-corrected chi connectivity index (χ4v) is 4.44. The molecule has 0 bridgehead atoms. The summed E-state index contributed by atoms with van der Waals surface area (Å²) in [6, 6.07) is 10.6. The number of aryl methyl sites for hydroxylation is 1. The molecular formula is C23H17F2N3O3S. The summed E-state index contributed by atoms with van der Waals surface area (Å²) in [6.45, 7) is 4.19. The molecule has 1 aliphatic heterocycles. The van der Waals surface area contributed by atoms with E-state index in [1.807, 2.05) is 43.5 Å². The maximum atomic E-state index is 13.9. The molecule has 5 rings (SSSR count). The number of aromatic nitrogens is 2. The Morgan fingerprint density at radius 1 is 1.09 bits per heavy atom. The fourth-order valence-electron chi connectivity index (χ4n) is 3.74. The standard InChI is InChI=1S/C23H17F2N3O3S/c1-12-7-17(13(2)28(12)15-4-6-20-21(9-15)31-11-30-20)19-10-32-23(26-19)27-22(29)16-5-3-14(24)8-18(16)25/h3-10H,11H2,1-2H3,(H,26,27,29). The van der Waals surface area contributed by atoms with E-state index in [2.05, 4.69) is 14.9 Å². The number of hydrogen-bond donors (Lipinski definition) is 1. The van der Waals surface area contributed by atoms with E-state index in [1.165, 1.54) is 11.3 Å². The highest BCUT2D eigenvalue weighted by molar-refractivity contribution is 7.14. The van der Waals surface area contributed by atoms with Crippen molar-refractivity contribution in [1.82, 2.24) is 9.55 Å². The predicted molar refractivity (Wildman–Crippen MR) is 117 cm³/mol. The van der Waals surface area contributed by atoms with Crippen molar-refractivity contribution in [2.24, 2.45) is 0 Å². The Labute approximate surface area is 186 Å². The Morgan fingerprint density at radius 3 is 2.72 bits per heavy atom. The summed E-state index contributed by atoms with van der Waals surface area (Å²) in [5.74, 6) is -0.939. The van der Waals surface area contributed by atoms with E-state index in [4.69, 9.17) is 9.47 Å². The van der Waals surface area contributed by atoms with Crippen LogP contribution < -0.4 is 14.8 Å². The Hall–Kier alpha value is -3.72. The highest BCUT2D eigenvalue weighted by Gasteiger charge is 2.19. The lowest BCUT2D eigenvalue weighted by Crippen LogP contribution is -2.13.